The molecule has 2 fully saturated rings. The van der Waals surface area contributed by atoms with E-state index in [9.17, 15) is 14.4 Å². The Kier molecular flexibility index (Phi) is 8.27. The van der Waals surface area contributed by atoms with E-state index < -0.39 is 60.9 Å². The fourth-order valence-corrected chi connectivity index (χ4v) is 34.0. The van der Waals surface area contributed by atoms with Crippen molar-refractivity contribution in [2.45, 2.75) is 72.3 Å². The highest BCUT2D eigenvalue weighted by Gasteiger charge is 2.69. The van der Waals surface area contributed by atoms with Crippen LogP contribution in [0.5, 0.6) is 0 Å². The molecular formula is C14H36O11Si7. The van der Waals surface area contributed by atoms with Crippen molar-refractivity contribution in [1.29, 1.82) is 0 Å². The van der Waals surface area contributed by atoms with Crippen molar-refractivity contribution in [3.63, 3.8) is 0 Å². The Hall–Kier alpha value is 0.528. The Morgan fingerprint density at radius 3 is 1.66 bits per heavy atom. The average molecular weight is 577 g/mol. The Balaban J connectivity index is 2.59. The van der Waals surface area contributed by atoms with Gasteiger partial charge in [0, 0.05) is 26.1 Å². The molecule has 2 saturated heterocycles. The number of ketones is 1. The summed E-state index contributed by atoms with van der Waals surface area (Å²) in [6.45, 7) is 16.9. The van der Waals surface area contributed by atoms with E-state index in [-0.39, 0.29) is 5.78 Å². The molecule has 2 unspecified atom stereocenters. The van der Waals surface area contributed by atoms with Crippen molar-refractivity contribution < 1.29 is 47.3 Å². The van der Waals surface area contributed by atoms with Crippen molar-refractivity contribution in [1.82, 2.24) is 0 Å². The van der Waals surface area contributed by atoms with E-state index in [1.54, 1.807) is 45.4 Å². The number of hydrogen-bond donors (Lipinski definition) is 2. The summed E-state index contributed by atoms with van der Waals surface area (Å²) in [5.74, 6) is -0.0628. The van der Waals surface area contributed by atoms with Gasteiger partial charge >= 0.3 is 52.6 Å². The van der Waals surface area contributed by atoms with Gasteiger partial charge in [-0.2, -0.15) is 0 Å². The fourth-order valence-electron chi connectivity index (χ4n) is 3.53. The highest BCUT2D eigenvalue weighted by atomic mass is 28.6. The second kappa shape index (κ2) is 9.20. The standard InChI is InChI=1S/C14H36O11Si7/c1-11-14(15)12-13-26(2,3)18-32-23-29(8,16)19-27(4,5)21-31(10,25-32)22-28(6,7)20-30(9,17)24-32/h12-13,16-17H,11H2,1-10H3. The number of carbonyl (C=O) groups is 1. The smallest absolute Gasteiger partial charge is 0.395 e. The molecular weight excluding hydrogens is 541 g/mol. The Labute approximate surface area is 197 Å². The number of hydrogen-bond acceptors (Lipinski definition) is 11. The van der Waals surface area contributed by atoms with E-state index in [1.807, 2.05) is 13.1 Å². The minimum atomic E-state index is -4.36. The molecule has 0 aromatic rings. The maximum atomic E-state index is 11.8. The largest absolute Gasteiger partial charge is 0.646 e. The second-order valence-corrected chi connectivity index (χ2v) is 31.5. The van der Waals surface area contributed by atoms with Gasteiger partial charge in [0.05, 0.1) is 0 Å². The summed E-state index contributed by atoms with van der Waals surface area (Å²) >= 11 is 0. The van der Waals surface area contributed by atoms with Crippen LogP contribution in [0.15, 0.2) is 11.8 Å². The normalized spacial score (nSPS) is 40.2. The van der Waals surface area contributed by atoms with Gasteiger partial charge in [-0.3, -0.25) is 4.79 Å². The van der Waals surface area contributed by atoms with E-state index in [2.05, 4.69) is 0 Å². The first-order valence-corrected chi connectivity index (χ1v) is 27.4. The third kappa shape index (κ3) is 8.33. The maximum absolute atomic E-state index is 11.8. The van der Waals surface area contributed by atoms with Crippen molar-refractivity contribution in [2.24, 2.45) is 0 Å². The topological polar surface area (TPSA) is 131 Å². The third-order valence-electron chi connectivity index (χ3n) is 4.08. The lowest BCUT2D eigenvalue weighted by atomic mass is 10.3. The van der Waals surface area contributed by atoms with Gasteiger partial charge in [0.1, 0.15) is 0 Å². The first kappa shape index (κ1) is 28.8. The van der Waals surface area contributed by atoms with Gasteiger partial charge in [0.25, 0.3) is 0 Å². The number of fused-ring (bicyclic) bond motifs is 2. The molecule has 2 aliphatic heterocycles. The summed E-state index contributed by atoms with van der Waals surface area (Å²) in [7, 11) is -24.4. The molecule has 2 N–H and O–H groups in total. The molecule has 0 aliphatic carbocycles. The van der Waals surface area contributed by atoms with Gasteiger partial charge < -0.3 is 42.5 Å². The molecule has 2 aliphatic rings. The first-order chi connectivity index (χ1) is 14.1. The summed E-state index contributed by atoms with van der Waals surface area (Å²) in [4.78, 5) is 33.9. The van der Waals surface area contributed by atoms with Crippen LogP contribution in [-0.4, -0.2) is 76.3 Å². The van der Waals surface area contributed by atoms with Gasteiger partial charge in [-0.1, -0.05) is 12.6 Å². The van der Waals surface area contributed by atoms with Gasteiger partial charge in [-0.25, -0.2) is 0 Å². The average Bonchev–Trinajstić information content (AvgIpc) is 2.43. The number of carbonyl (C=O) groups excluding carboxylic acids is 1. The Bertz CT molecular complexity index is 721. The zero-order chi connectivity index (χ0) is 24.9. The van der Waals surface area contributed by atoms with Crippen LogP contribution >= 0.6 is 0 Å². The number of allylic oxidation sites excluding steroid dienone is 1. The molecule has 0 aromatic carbocycles. The Morgan fingerprint density at radius 1 is 0.812 bits per heavy atom. The molecule has 0 saturated carbocycles. The van der Waals surface area contributed by atoms with E-state index in [4.69, 9.17) is 32.9 Å². The van der Waals surface area contributed by atoms with E-state index in [1.165, 1.54) is 19.2 Å². The predicted molar refractivity (Wildman–Crippen MR) is 131 cm³/mol. The highest BCUT2D eigenvalue weighted by molar-refractivity contribution is 6.96. The molecule has 186 valence electrons. The minimum Gasteiger partial charge on any atom is -0.395 e. The lowest BCUT2D eigenvalue weighted by molar-refractivity contribution is -0.114. The summed E-state index contributed by atoms with van der Waals surface area (Å²) in [6.07, 6.45) is 1.81. The monoisotopic (exact) mass is 576 g/mol. The quantitative estimate of drug-likeness (QED) is 0.368. The van der Waals surface area contributed by atoms with Crippen LogP contribution in [0.2, 0.25) is 58.9 Å². The van der Waals surface area contributed by atoms with Crippen molar-refractivity contribution in [3.8, 4) is 0 Å². The van der Waals surface area contributed by atoms with Crippen molar-refractivity contribution in [2.75, 3.05) is 0 Å². The second-order valence-electron chi connectivity index (χ2n) is 9.53. The van der Waals surface area contributed by atoms with E-state index in [0.29, 0.717) is 6.42 Å². The third-order valence-corrected chi connectivity index (χ3v) is 29.5. The van der Waals surface area contributed by atoms with Crippen LogP contribution in [0.3, 0.4) is 0 Å². The van der Waals surface area contributed by atoms with Gasteiger partial charge in [-0.15, -0.1) is 0 Å². The van der Waals surface area contributed by atoms with Crippen LogP contribution in [0.25, 0.3) is 0 Å². The SMILES string of the molecule is CCC(=O)C=C[Si](C)(C)O[Si]12O[Si](C)(O)O[Si](C)(C)O[Si](C)(O[Si](C)(C)O[Si](C)(O)O1)O2. The van der Waals surface area contributed by atoms with Crippen molar-refractivity contribution >= 4 is 66.7 Å². The Morgan fingerprint density at radius 2 is 1.25 bits per heavy atom. The summed E-state index contributed by atoms with van der Waals surface area (Å²) < 4.78 is 49.2. The zero-order valence-electron chi connectivity index (χ0n) is 20.4. The van der Waals surface area contributed by atoms with Crippen LogP contribution in [0, 0.1) is 0 Å². The molecule has 0 radical (unpaired) electrons. The number of rotatable bonds is 5. The molecule has 0 spiro atoms. The van der Waals surface area contributed by atoms with Gasteiger partial charge in [-0.05, 0) is 45.4 Å². The lowest BCUT2D eigenvalue weighted by Gasteiger charge is -2.51. The molecule has 2 heterocycles. The lowest BCUT2D eigenvalue weighted by Crippen LogP contribution is -2.77. The summed E-state index contributed by atoms with van der Waals surface area (Å²) in [6, 6.07) is 0. The summed E-state index contributed by atoms with van der Waals surface area (Å²) in [5, 5.41) is 0. The van der Waals surface area contributed by atoms with E-state index in [0.717, 1.165) is 0 Å². The zero-order valence-corrected chi connectivity index (χ0v) is 27.4. The molecule has 0 aromatic heterocycles. The maximum Gasteiger partial charge on any atom is 0.646 e. The van der Waals surface area contributed by atoms with Crippen LogP contribution in [0.4, 0.5) is 0 Å². The highest BCUT2D eigenvalue weighted by Crippen LogP contribution is 2.38. The molecule has 18 heteroatoms. The van der Waals surface area contributed by atoms with Crippen LogP contribution in [0.1, 0.15) is 13.3 Å². The van der Waals surface area contributed by atoms with Crippen molar-refractivity contribution in [3.05, 3.63) is 11.8 Å². The molecule has 32 heavy (non-hydrogen) atoms. The molecule has 2 atom stereocenters. The van der Waals surface area contributed by atoms with Gasteiger partial charge in [0.15, 0.2) is 5.78 Å². The van der Waals surface area contributed by atoms with Crippen LogP contribution < -0.4 is 0 Å². The molecule has 2 bridgehead atoms. The molecule has 2 rings (SSSR count). The predicted octanol–water partition coefficient (Wildman–Crippen LogP) is 1.96. The molecule has 11 nitrogen and oxygen atoms in total. The molecule has 0 amide bonds. The van der Waals surface area contributed by atoms with Crippen LogP contribution in [-0.2, 0) is 37.7 Å². The van der Waals surface area contributed by atoms with E-state index >= 15 is 0 Å². The minimum absolute atomic E-state index is 0.0628. The fraction of sp³-hybridized carbons (Fsp3) is 0.786. The summed E-state index contributed by atoms with van der Waals surface area (Å²) in [5.41, 5.74) is 1.68. The van der Waals surface area contributed by atoms with Gasteiger partial charge in [0.2, 0.25) is 8.32 Å². The first-order valence-electron chi connectivity index (χ1n) is 10.4.